The van der Waals surface area contributed by atoms with Crippen molar-refractivity contribution < 1.29 is 19.0 Å². The summed E-state index contributed by atoms with van der Waals surface area (Å²) < 4.78 is 16.7. The van der Waals surface area contributed by atoms with Crippen molar-refractivity contribution in [2.75, 3.05) is 13.7 Å². The molecule has 0 saturated carbocycles. The second kappa shape index (κ2) is 4.49. The normalized spacial score (nSPS) is 39.4. The van der Waals surface area contributed by atoms with Crippen LogP contribution in [0.4, 0.5) is 0 Å². The average molecular weight is 256 g/mol. The van der Waals surface area contributed by atoms with Crippen molar-refractivity contribution in [2.24, 2.45) is 11.8 Å². The Kier molecular flexibility index (Phi) is 3.45. The van der Waals surface area contributed by atoms with Crippen LogP contribution in [0.3, 0.4) is 0 Å². The van der Waals surface area contributed by atoms with Crippen LogP contribution in [0.15, 0.2) is 0 Å². The maximum atomic E-state index is 12.1. The molecule has 0 aromatic heterocycles. The second-order valence-electron chi connectivity index (χ2n) is 6.09. The van der Waals surface area contributed by atoms with Crippen LogP contribution in [0.1, 0.15) is 40.5 Å². The first kappa shape index (κ1) is 13.8. The number of esters is 1. The average Bonchev–Trinajstić information content (AvgIpc) is 2.97. The molecule has 4 heteroatoms. The topological polar surface area (TPSA) is 48.1 Å². The summed E-state index contributed by atoms with van der Waals surface area (Å²) in [4.78, 5) is 12.1. The van der Waals surface area contributed by atoms with Crippen LogP contribution in [0, 0.1) is 11.8 Å². The molecule has 4 nitrogen and oxygen atoms in total. The van der Waals surface area contributed by atoms with Crippen molar-refractivity contribution >= 4 is 5.97 Å². The van der Waals surface area contributed by atoms with Gasteiger partial charge < -0.3 is 14.2 Å². The van der Waals surface area contributed by atoms with E-state index in [0.717, 1.165) is 12.8 Å². The predicted octanol–water partition coefficient (Wildman–Crippen LogP) is 2.16. The van der Waals surface area contributed by atoms with E-state index in [9.17, 15) is 4.79 Å². The van der Waals surface area contributed by atoms with E-state index in [0.29, 0.717) is 12.5 Å². The van der Waals surface area contributed by atoms with Crippen LogP contribution in [-0.2, 0) is 19.0 Å². The third kappa shape index (κ3) is 1.77. The van der Waals surface area contributed by atoms with Crippen LogP contribution in [0.2, 0.25) is 0 Å². The lowest BCUT2D eigenvalue weighted by molar-refractivity contribution is -0.149. The molecular weight excluding hydrogens is 232 g/mol. The number of ether oxygens (including phenoxy) is 3. The summed E-state index contributed by atoms with van der Waals surface area (Å²) in [5.41, 5.74) is -1.11. The standard InChI is InChI=1S/C14H24O4/c1-9(2)11-8-13(6-7-17-11)14(18-13,10(3)4)12(15)16-5/h9-11H,6-8H2,1-5H3. The molecule has 2 aliphatic rings. The summed E-state index contributed by atoms with van der Waals surface area (Å²) in [6, 6.07) is 0. The quantitative estimate of drug-likeness (QED) is 0.573. The summed E-state index contributed by atoms with van der Waals surface area (Å²) in [6.07, 6.45) is 1.74. The van der Waals surface area contributed by atoms with E-state index < -0.39 is 5.60 Å². The van der Waals surface area contributed by atoms with Gasteiger partial charge in [-0.05, 0) is 11.8 Å². The summed E-state index contributed by atoms with van der Waals surface area (Å²) in [5.74, 6) is 0.326. The fourth-order valence-electron chi connectivity index (χ4n) is 3.26. The Morgan fingerprint density at radius 1 is 1.33 bits per heavy atom. The highest BCUT2D eigenvalue weighted by Crippen LogP contribution is 2.60. The Balaban J connectivity index is 2.21. The van der Waals surface area contributed by atoms with Gasteiger partial charge in [-0.3, -0.25) is 0 Å². The predicted molar refractivity (Wildman–Crippen MR) is 67.2 cm³/mol. The summed E-state index contributed by atoms with van der Waals surface area (Å²) in [5, 5.41) is 0. The fraction of sp³-hybridized carbons (Fsp3) is 0.929. The number of carbonyl (C=O) groups is 1. The first-order valence-corrected chi connectivity index (χ1v) is 6.80. The van der Waals surface area contributed by atoms with Gasteiger partial charge in [0, 0.05) is 19.4 Å². The molecule has 2 rings (SSSR count). The van der Waals surface area contributed by atoms with Gasteiger partial charge in [0.1, 0.15) is 5.60 Å². The van der Waals surface area contributed by atoms with E-state index in [2.05, 4.69) is 13.8 Å². The van der Waals surface area contributed by atoms with Crippen LogP contribution < -0.4 is 0 Å². The van der Waals surface area contributed by atoms with Crippen molar-refractivity contribution in [2.45, 2.75) is 57.8 Å². The Bertz CT molecular complexity index is 339. The third-order valence-corrected chi connectivity index (χ3v) is 4.41. The molecule has 0 aliphatic carbocycles. The van der Waals surface area contributed by atoms with Crippen molar-refractivity contribution in [3.63, 3.8) is 0 Å². The van der Waals surface area contributed by atoms with Crippen molar-refractivity contribution in [1.82, 2.24) is 0 Å². The molecule has 2 heterocycles. The lowest BCUT2D eigenvalue weighted by atomic mass is 9.76. The Morgan fingerprint density at radius 3 is 2.50 bits per heavy atom. The molecule has 0 N–H and O–H groups in total. The first-order chi connectivity index (χ1) is 8.39. The molecule has 18 heavy (non-hydrogen) atoms. The molecule has 2 aliphatic heterocycles. The lowest BCUT2D eigenvalue weighted by Crippen LogP contribution is -2.45. The molecule has 3 atom stereocenters. The van der Waals surface area contributed by atoms with Crippen LogP contribution >= 0.6 is 0 Å². The van der Waals surface area contributed by atoms with Crippen LogP contribution in [0.5, 0.6) is 0 Å². The SMILES string of the molecule is COC(=O)C1(C(C)C)OC12CCOC(C(C)C)C2. The number of hydrogen-bond acceptors (Lipinski definition) is 4. The number of rotatable bonds is 3. The number of methoxy groups -OCH3 is 1. The zero-order chi connectivity index (χ0) is 13.6. The number of hydrogen-bond donors (Lipinski definition) is 0. The Morgan fingerprint density at radius 2 is 2.00 bits per heavy atom. The molecule has 0 amide bonds. The third-order valence-electron chi connectivity index (χ3n) is 4.41. The van der Waals surface area contributed by atoms with Gasteiger partial charge in [0.15, 0.2) is 5.60 Å². The highest BCUT2D eigenvalue weighted by atomic mass is 16.7. The molecule has 0 aromatic rings. The van der Waals surface area contributed by atoms with Gasteiger partial charge >= 0.3 is 5.97 Å². The van der Waals surface area contributed by atoms with E-state index in [1.54, 1.807) is 0 Å². The van der Waals surface area contributed by atoms with Crippen molar-refractivity contribution in [1.29, 1.82) is 0 Å². The number of carbonyl (C=O) groups excluding carboxylic acids is 1. The largest absolute Gasteiger partial charge is 0.467 e. The van der Waals surface area contributed by atoms with Gasteiger partial charge in [-0.1, -0.05) is 27.7 Å². The fourth-order valence-corrected chi connectivity index (χ4v) is 3.26. The molecule has 2 fully saturated rings. The molecule has 0 radical (unpaired) electrons. The minimum absolute atomic E-state index is 0.121. The monoisotopic (exact) mass is 256 g/mol. The summed E-state index contributed by atoms with van der Waals surface area (Å²) in [6.45, 7) is 8.98. The van der Waals surface area contributed by atoms with Gasteiger partial charge in [0.25, 0.3) is 0 Å². The van der Waals surface area contributed by atoms with E-state index in [-0.39, 0.29) is 23.6 Å². The molecule has 0 bridgehead atoms. The Hall–Kier alpha value is -0.610. The molecule has 2 saturated heterocycles. The van der Waals surface area contributed by atoms with E-state index in [4.69, 9.17) is 14.2 Å². The number of epoxide rings is 1. The highest BCUT2D eigenvalue weighted by molar-refractivity contribution is 5.85. The minimum Gasteiger partial charge on any atom is -0.467 e. The van der Waals surface area contributed by atoms with E-state index in [1.165, 1.54) is 7.11 Å². The van der Waals surface area contributed by atoms with Crippen molar-refractivity contribution in [3.05, 3.63) is 0 Å². The van der Waals surface area contributed by atoms with Crippen LogP contribution in [0.25, 0.3) is 0 Å². The molecule has 104 valence electrons. The van der Waals surface area contributed by atoms with Gasteiger partial charge in [-0.2, -0.15) is 0 Å². The Labute approximate surface area is 109 Å². The zero-order valence-electron chi connectivity index (χ0n) is 12.0. The minimum atomic E-state index is -0.751. The second-order valence-corrected chi connectivity index (χ2v) is 6.09. The van der Waals surface area contributed by atoms with Gasteiger partial charge in [0.2, 0.25) is 0 Å². The maximum Gasteiger partial charge on any atom is 0.341 e. The van der Waals surface area contributed by atoms with Crippen molar-refractivity contribution in [3.8, 4) is 0 Å². The lowest BCUT2D eigenvalue weighted by Gasteiger charge is -2.32. The smallest absolute Gasteiger partial charge is 0.341 e. The summed E-state index contributed by atoms with van der Waals surface area (Å²) >= 11 is 0. The van der Waals surface area contributed by atoms with Gasteiger partial charge in [-0.25, -0.2) is 4.79 Å². The summed E-state index contributed by atoms with van der Waals surface area (Å²) in [7, 11) is 1.43. The molecule has 3 unspecified atom stereocenters. The van der Waals surface area contributed by atoms with Crippen LogP contribution in [-0.4, -0.2) is 37.0 Å². The van der Waals surface area contributed by atoms with Gasteiger partial charge in [0.05, 0.1) is 13.2 Å². The molecule has 0 aromatic carbocycles. The zero-order valence-corrected chi connectivity index (χ0v) is 12.0. The van der Waals surface area contributed by atoms with E-state index in [1.807, 2.05) is 13.8 Å². The highest BCUT2D eigenvalue weighted by Gasteiger charge is 2.77. The maximum absolute atomic E-state index is 12.1. The van der Waals surface area contributed by atoms with E-state index >= 15 is 0 Å². The molecular formula is C14H24O4. The van der Waals surface area contributed by atoms with Gasteiger partial charge in [-0.15, -0.1) is 0 Å². The first-order valence-electron chi connectivity index (χ1n) is 6.80. The molecule has 1 spiro atoms.